The third-order valence-electron chi connectivity index (χ3n) is 6.09. The minimum absolute atomic E-state index is 0.115. The van der Waals surface area contributed by atoms with E-state index in [0.29, 0.717) is 6.54 Å². The van der Waals surface area contributed by atoms with Gasteiger partial charge >= 0.3 is 0 Å². The maximum atomic E-state index is 11.6. The standard InChI is InChI=1S/C26H25N3O3/c30-29(31)22-11-12-24-23(17-22)26(21-9-5-2-6-10-21)25(19-27-13-15-32-16-14-27)28(24)18-20-7-3-1-4-8-20/h1-12,17H,13-16,18-19H2. The van der Waals surface area contributed by atoms with E-state index in [1.165, 1.54) is 11.3 Å². The van der Waals surface area contributed by atoms with Crippen molar-refractivity contribution in [2.45, 2.75) is 13.1 Å². The molecular formula is C26H25N3O3. The van der Waals surface area contributed by atoms with Crippen LogP contribution in [0, 0.1) is 10.1 Å². The van der Waals surface area contributed by atoms with Crippen molar-refractivity contribution in [1.82, 2.24) is 9.47 Å². The van der Waals surface area contributed by atoms with Gasteiger partial charge in [0.2, 0.25) is 0 Å². The molecule has 3 aromatic carbocycles. The van der Waals surface area contributed by atoms with Gasteiger partial charge in [-0.15, -0.1) is 0 Å². The molecule has 0 unspecified atom stereocenters. The Balaban J connectivity index is 1.74. The number of ether oxygens (including phenoxy) is 1. The van der Waals surface area contributed by atoms with Crippen molar-refractivity contribution in [3.63, 3.8) is 0 Å². The van der Waals surface area contributed by atoms with Crippen LogP contribution in [0.4, 0.5) is 5.69 Å². The molecule has 1 saturated heterocycles. The summed E-state index contributed by atoms with van der Waals surface area (Å²) < 4.78 is 7.88. The van der Waals surface area contributed by atoms with Gasteiger partial charge in [-0.25, -0.2) is 0 Å². The molecular weight excluding hydrogens is 402 g/mol. The van der Waals surface area contributed by atoms with Gasteiger partial charge in [0.1, 0.15) is 0 Å². The molecule has 32 heavy (non-hydrogen) atoms. The summed E-state index contributed by atoms with van der Waals surface area (Å²) in [7, 11) is 0. The Labute approximate surface area is 186 Å². The Morgan fingerprint density at radius 3 is 2.25 bits per heavy atom. The van der Waals surface area contributed by atoms with Gasteiger partial charge in [0, 0.05) is 60.5 Å². The lowest BCUT2D eigenvalue weighted by Gasteiger charge is -2.28. The lowest BCUT2D eigenvalue weighted by Crippen LogP contribution is -2.36. The average Bonchev–Trinajstić information content (AvgIpc) is 3.13. The number of fused-ring (bicyclic) bond motifs is 1. The first-order valence-corrected chi connectivity index (χ1v) is 10.9. The molecule has 0 N–H and O–H groups in total. The van der Waals surface area contributed by atoms with Crippen molar-refractivity contribution >= 4 is 16.6 Å². The second-order valence-electron chi connectivity index (χ2n) is 8.11. The third kappa shape index (κ3) is 4.02. The van der Waals surface area contributed by atoms with Gasteiger partial charge < -0.3 is 9.30 Å². The predicted molar refractivity (Wildman–Crippen MR) is 126 cm³/mol. The van der Waals surface area contributed by atoms with Gasteiger partial charge in [0.05, 0.1) is 18.1 Å². The Bertz CT molecular complexity index is 1230. The second-order valence-corrected chi connectivity index (χ2v) is 8.11. The molecule has 1 aromatic heterocycles. The lowest BCUT2D eigenvalue weighted by molar-refractivity contribution is -0.384. The summed E-state index contributed by atoms with van der Waals surface area (Å²) in [5.74, 6) is 0. The molecule has 1 aliphatic rings. The van der Waals surface area contributed by atoms with Gasteiger partial charge in [-0.2, -0.15) is 0 Å². The summed E-state index contributed by atoms with van der Waals surface area (Å²) in [5, 5.41) is 12.5. The number of nitro groups is 1. The molecule has 0 aliphatic carbocycles. The number of hydrogen-bond donors (Lipinski definition) is 0. The van der Waals surface area contributed by atoms with Crippen molar-refractivity contribution in [3.05, 3.63) is 100 Å². The molecule has 0 saturated carbocycles. The Morgan fingerprint density at radius 2 is 1.56 bits per heavy atom. The zero-order valence-electron chi connectivity index (χ0n) is 17.8. The second kappa shape index (κ2) is 8.94. The van der Waals surface area contributed by atoms with Gasteiger partial charge in [-0.3, -0.25) is 15.0 Å². The molecule has 0 bridgehead atoms. The first-order valence-electron chi connectivity index (χ1n) is 10.9. The van der Waals surface area contributed by atoms with Gasteiger partial charge in [-0.1, -0.05) is 60.7 Å². The molecule has 0 spiro atoms. The zero-order chi connectivity index (χ0) is 21.9. The smallest absolute Gasteiger partial charge is 0.270 e. The fourth-order valence-corrected chi connectivity index (χ4v) is 4.52. The molecule has 4 aromatic rings. The maximum Gasteiger partial charge on any atom is 0.270 e. The number of morpholine rings is 1. The number of nitro benzene ring substituents is 1. The molecule has 0 radical (unpaired) electrons. The van der Waals surface area contributed by atoms with Crippen LogP contribution in [0.1, 0.15) is 11.3 Å². The SMILES string of the molecule is O=[N+]([O-])c1ccc2c(c1)c(-c1ccccc1)c(CN1CCOCC1)n2Cc1ccccc1. The molecule has 1 fully saturated rings. The Hall–Kier alpha value is -3.48. The highest BCUT2D eigenvalue weighted by molar-refractivity contribution is 5.99. The zero-order valence-corrected chi connectivity index (χ0v) is 17.8. The van der Waals surface area contributed by atoms with E-state index in [2.05, 4.69) is 33.7 Å². The van der Waals surface area contributed by atoms with E-state index in [9.17, 15) is 10.1 Å². The summed E-state index contributed by atoms with van der Waals surface area (Å²) >= 11 is 0. The topological polar surface area (TPSA) is 60.5 Å². The summed E-state index contributed by atoms with van der Waals surface area (Å²) in [6, 6.07) is 25.8. The highest BCUT2D eigenvalue weighted by Crippen LogP contribution is 2.38. The quantitative estimate of drug-likeness (QED) is 0.317. The van der Waals surface area contributed by atoms with E-state index < -0.39 is 0 Å². The fraction of sp³-hybridized carbons (Fsp3) is 0.231. The van der Waals surface area contributed by atoms with Crippen LogP contribution in [0.15, 0.2) is 78.9 Å². The van der Waals surface area contributed by atoms with E-state index in [0.717, 1.165) is 54.9 Å². The van der Waals surface area contributed by atoms with E-state index in [-0.39, 0.29) is 10.6 Å². The van der Waals surface area contributed by atoms with Crippen LogP contribution in [0.2, 0.25) is 0 Å². The van der Waals surface area contributed by atoms with E-state index >= 15 is 0 Å². The highest BCUT2D eigenvalue weighted by Gasteiger charge is 2.23. The molecule has 1 aliphatic heterocycles. The predicted octanol–water partition coefficient (Wildman–Crippen LogP) is 5.10. The average molecular weight is 428 g/mol. The largest absolute Gasteiger partial charge is 0.379 e. The van der Waals surface area contributed by atoms with Crippen molar-refractivity contribution in [3.8, 4) is 11.1 Å². The number of benzene rings is 3. The van der Waals surface area contributed by atoms with E-state index in [4.69, 9.17) is 4.74 Å². The Morgan fingerprint density at radius 1 is 0.875 bits per heavy atom. The summed E-state index contributed by atoms with van der Waals surface area (Å²) in [6.45, 7) is 4.68. The molecule has 6 heteroatoms. The van der Waals surface area contributed by atoms with Crippen LogP contribution in [0.3, 0.4) is 0 Å². The maximum absolute atomic E-state index is 11.6. The molecule has 0 atom stereocenters. The summed E-state index contributed by atoms with van der Waals surface area (Å²) in [6.07, 6.45) is 0. The van der Waals surface area contributed by atoms with E-state index in [1.807, 2.05) is 42.5 Å². The van der Waals surface area contributed by atoms with Crippen LogP contribution in [0.25, 0.3) is 22.0 Å². The minimum atomic E-state index is -0.315. The minimum Gasteiger partial charge on any atom is -0.379 e. The van der Waals surface area contributed by atoms with Crippen molar-refractivity contribution in [2.75, 3.05) is 26.3 Å². The summed E-state index contributed by atoms with van der Waals surface area (Å²) in [5.41, 5.74) is 5.66. The van der Waals surface area contributed by atoms with Crippen LogP contribution in [0.5, 0.6) is 0 Å². The van der Waals surface area contributed by atoms with Crippen molar-refractivity contribution in [1.29, 1.82) is 0 Å². The number of aromatic nitrogens is 1. The van der Waals surface area contributed by atoms with Crippen molar-refractivity contribution in [2.24, 2.45) is 0 Å². The van der Waals surface area contributed by atoms with Crippen LogP contribution in [-0.2, 0) is 17.8 Å². The van der Waals surface area contributed by atoms with Crippen LogP contribution < -0.4 is 0 Å². The fourth-order valence-electron chi connectivity index (χ4n) is 4.52. The van der Waals surface area contributed by atoms with E-state index in [1.54, 1.807) is 12.1 Å². The molecule has 2 heterocycles. The highest BCUT2D eigenvalue weighted by atomic mass is 16.6. The molecule has 5 rings (SSSR count). The monoisotopic (exact) mass is 427 g/mol. The third-order valence-corrected chi connectivity index (χ3v) is 6.09. The van der Waals surface area contributed by atoms with Crippen molar-refractivity contribution < 1.29 is 9.66 Å². The van der Waals surface area contributed by atoms with Gasteiger partial charge in [-0.05, 0) is 17.2 Å². The van der Waals surface area contributed by atoms with Crippen LogP contribution >= 0.6 is 0 Å². The Kier molecular flexibility index (Phi) is 5.71. The number of nitrogens with zero attached hydrogens (tertiary/aromatic N) is 3. The first-order chi connectivity index (χ1) is 15.7. The molecule has 0 amide bonds. The summed E-state index contributed by atoms with van der Waals surface area (Å²) in [4.78, 5) is 13.7. The van der Waals surface area contributed by atoms with Crippen LogP contribution in [-0.4, -0.2) is 40.7 Å². The lowest BCUT2D eigenvalue weighted by atomic mass is 10.0. The normalized spacial score (nSPS) is 14.6. The molecule has 162 valence electrons. The number of non-ortho nitro benzene ring substituents is 1. The number of hydrogen-bond acceptors (Lipinski definition) is 4. The van der Waals surface area contributed by atoms with Gasteiger partial charge in [0.25, 0.3) is 5.69 Å². The molecule has 6 nitrogen and oxygen atoms in total. The first kappa shape index (κ1) is 20.4. The number of rotatable bonds is 6. The van der Waals surface area contributed by atoms with Gasteiger partial charge in [0.15, 0.2) is 0 Å².